The molecule has 1 aromatic heterocycles. The zero-order chi connectivity index (χ0) is 15.9. The average molecular weight is 338 g/mol. The Morgan fingerprint density at radius 1 is 1.13 bits per heavy atom. The first-order chi connectivity index (χ1) is 11.1. The van der Waals surface area contributed by atoms with Crippen molar-refractivity contribution >= 4 is 11.3 Å². The van der Waals surface area contributed by atoms with Gasteiger partial charge in [-0.05, 0) is 29.1 Å². The van der Waals surface area contributed by atoms with Crippen molar-refractivity contribution in [2.45, 2.75) is 12.3 Å². The van der Waals surface area contributed by atoms with Crippen LogP contribution >= 0.6 is 11.3 Å². The van der Waals surface area contributed by atoms with E-state index in [0.29, 0.717) is 0 Å². The van der Waals surface area contributed by atoms with Gasteiger partial charge in [-0.3, -0.25) is 4.90 Å². The van der Waals surface area contributed by atoms with E-state index in [-0.39, 0.29) is 17.5 Å². The van der Waals surface area contributed by atoms with Crippen molar-refractivity contribution in [3.63, 3.8) is 0 Å². The maximum atomic E-state index is 13.2. The van der Waals surface area contributed by atoms with Crippen LogP contribution in [-0.2, 0) is 0 Å². The summed E-state index contributed by atoms with van der Waals surface area (Å²) in [4.78, 5) is 3.55. The van der Waals surface area contributed by atoms with Crippen molar-refractivity contribution in [2.75, 3.05) is 26.2 Å². The van der Waals surface area contributed by atoms with E-state index in [1.54, 1.807) is 23.5 Å². The van der Waals surface area contributed by atoms with Gasteiger partial charge in [-0.15, -0.1) is 20.1 Å². The number of benzene rings is 1. The van der Waals surface area contributed by atoms with Crippen LogP contribution < -0.4 is 14.8 Å². The van der Waals surface area contributed by atoms with E-state index >= 15 is 0 Å². The molecule has 2 aliphatic rings. The highest BCUT2D eigenvalue weighted by Crippen LogP contribution is 2.43. The van der Waals surface area contributed by atoms with Crippen LogP contribution in [0.4, 0.5) is 8.78 Å². The van der Waals surface area contributed by atoms with Gasteiger partial charge in [-0.2, -0.15) is 0 Å². The van der Waals surface area contributed by atoms with Crippen LogP contribution in [0.2, 0.25) is 0 Å². The minimum absolute atomic E-state index is 0.0419. The highest BCUT2D eigenvalue weighted by atomic mass is 32.1. The third-order valence-electron chi connectivity index (χ3n) is 4.07. The number of fused-ring (bicyclic) bond motifs is 1. The Kier molecular flexibility index (Phi) is 3.71. The SMILES string of the molecule is FC1(F)Oc2ccc([C@@H](c3cccs3)N3CCNCC3)cc2O1. The zero-order valence-corrected chi connectivity index (χ0v) is 13.1. The molecule has 0 spiro atoms. The first-order valence-corrected chi connectivity index (χ1v) is 8.38. The van der Waals surface area contributed by atoms with E-state index in [2.05, 4.69) is 25.8 Å². The van der Waals surface area contributed by atoms with Crippen LogP contribution in [0.5, 0.6) is 11.5 Å². The number of hydrogen-bond donors (Lipinski definition) is 1. The third kappa shape index (κ3) is 2.91. The summed E-state index contributed by atoms with van der Waals surface area (Å²) in [6.07, 6.45) is -3.57. The number of alkyl halides is 2. The van der Waals surface area contributed by atoms with Crippen LogP contribution in [0, 0.1) is 0 Å². The second-order valence-electron chi connectivity index (χ2n) is 5.58. The molecule has 2 aromatic rings. The molecule has 1 aromatic carbocycles. The molecule has 0 amide bonds. The molecule has 122 valence electrons. The van der Waals surface area contributed by atoms with Crippen molar-refractivity contribution in [1.29, 1.82) is 0 Å². The molecule has 0 bridgehead atoms. The lowest BCUT2D eigenvalue weighted by atomic mass is 10.0. The van der Waals surface area contributed by atoms with Crippen molar-refractivity contribution < 1.29 is 18.3 Å². The Bertz CT molecular complexity index is 687. The molecular formula is C16H16F2N2O2S. The predicted molar refractivity (Wildman–Crippen MR) is 83.2 cm³/mol. The summed E-state index contributed by atoms with van der Waals surface area (Å²) in [5.74, 6) is 0.188. The van der Waals surface area contributed by atoms with E-state index in [0.717, 1.165) is 31.7 Å². The molecule has 0 radical (unpaired) electrons. The van der Waals surface area contributed by atoms with E-state index in [1.165, 1.54) is 4.88 Å². The lowest BCUT2D eigenvalue weighted by Crippen LogP contribution is -2.45. The smallest absolute Gasteiger partial charge is 0.395 e. The fourth-order valence-corrected chi connectivity index (χ4v) is 3.96. The van der Waals surface area contributed by atoms with Gasteiger partial charge in [-0.1, -0.05) is 12.1 Å². The number of nitrogens with zero attached hydrogens (tertiary/aromatic N) is 1. The molecular weight excluding hydrogens is 322 g/mol. The second-order valence-corrected chi connectivity index (χ2v) is 6.56. The molecule has 3 heterocycles. The lowest BCUT2D eigenvalue weighted by Gasteiger charge is -2.34. The standard InChI is InChI=1S/C16H16F2N2O2S/c17-16(18)21-12-4-3-11(10-13(12)22-16)15(14-2-1-9-23-14)20-7-5-19-6-8-20/h1-4,9-10,15,19H,5-8H2/t15-/m0/s1. The first-order valence-electron chi connectivity index (χ1n) is 7.50. The van der Waals surface area contributed by atoms with Crippen molar-refractivity contribution in [2.24, 2.45) is 0 Å². The van der Waals surface area contributed by atoms with Gasteiger partial charge >= 0.3 is 6.29 Å². The third-order valence-corrected chi connectivity index (χ3v) is 5.00. The Morgan fingerprint density at radius 3 is 2.65 bits per heavy atom. The number of rotatable bonds is 3. The van der Waals surface area contributed by atoms with E-state index in [4.69, 9.17) is 0 Å². The molecule has 1 atom stereocenters. The van der Waals surface area contributed by atoms with Crippen LogP contribution in [-0.4, -0.2) is 37.4 Å². The van der Waals surface area contributed by atoms with Crippen molar-refractivity contribution in [3.05, 3.63) is 46.2 Å². The summed E-state index contributed by atoms with van der Waals surface area (Å²) in [6.45, 7) is 3.66. The highest BCUT2D eigenvalue weighted by molar-refractivity contribution is 7.10. The number of nitrogens with one attached hydrogen (secondary N) is 1. The van der Waals surface area contributed by atoms with Crippen LogP contribution in [0.3, 0.4) is 0 Å². The quantitative estimate of drug-likeness (QED) is 0.933. The normalized spacial score (nSPS) is 21.3. The van der Waals surface area contributed by atoms with Gasteiger partial charge < -0.3 is 14.8 Å². The Morgan fingerprint density at radius 2 is 1.91 bits per heavy atom. The van der Waals surface area contributed by atoms with Gasteiger partial charge in [-0.25, -0.2) is 0 Å². The monoisotopic (exact) mass is 338 g/mol. The van der Waals surface area contributed by atoms with Gasteiger partial charge in [0.1, 0.15) is 0 Å². The summed E-state index contributed by atoms with van der Waals surface area (Å²) in [6, 6.07) is 9.21. The van der Waals surface area contributed by atoms with Crippen molar-refractivity contribution in [3.8, 4) is 11.5 Å². The van der Waals surface area contributed by atoms with E-state index in [1.807, 2.05) is 17.5 Å². The summed E-state index contributed by atoms with van der Waals surface area (Å²) >= 11 is 1.67. The highest BCUT2D eigenvalue weighted by Gasteiger charge is 2.43. The number of hydrogen-bond acceptors (Lipinski definition) is 5. The second kappa shape index (κ2) is 5.74. The van der Waals surface area contributed by atoms with Gasteiger partial charge in [0.05, 0.1) is 6.04 Å². The Labute approximate surface area is 136 Å². The molecule has 1 saturated heterocycles. The number of halogens is 2. The van der Waals surface area contributed by atoms with Crippen LogP contribution in [0.15, 0.2) is 35.7 Å². The van der Waals surface area contributed by atoms with Gasteiger partial charge in [0.25, 0.3) is 0 Å². The molecule has 2 aliphatic heterocycles. The molecule has 7 heteroatoms. The minimum Gasteiger partial charge on any atom is -0.395 e. The fraction of sp³-hybridized carbons (Fsp3) is 0.375. The van der Waals surface area contributed by atoms with Crippen LogP contribution in [0.1, 0.15) is 16.5 Å². The predicted octanol–water partition coefficient (Wildman–Crippen LogP) is 3.06. The van der Waals surface area contributed by atoms with Crippen molar-refractivity contribution in [1.82, 2.24) is 10.2 Å². The van der Waals surface area contributed by atoms with Gasteiger partial charge in [0, 0.05) is 31.1 Å². The van der Waals surface area contributed by atoms with Gasteiger partial charge in [0.2, 0.25) is 0 Å². The van der Waals surface area contributed by atoms with E-state index < -0.39 is 6.29 Å². The first kappa shape index (κ1) is 14.9. The number of thiophene rings is 1. The maximum Gasteiger partial charge on any atom is 0.586 e. The molecule has 1 fully saturated rings. The summed E-state index contributed by atoms with van der Waals surface area (Å²) in [5.41, 5.74) is 0.939. The largest absolute Gasteiger partial charge is 0.586 e. The molecule has 4 nitrogen and oxygen atoms in total. The minimum atomic E-state index is -3.57. The zero-order valence-electron chi connectivity index (χ0n) is 12.3. The average Bonchev–Trinajstić information content (AvgIpc) is 3.14. The lowest BCUT2D eigenvalue weighted by molar-refractivity contribution is -0.286. The number of piperazine rings is 1. The number of ether oxygens (including phenoxy) is 2. The molecule has 1 N–H and O–H groups in total. The Hall–Kier alpha value is -1.70. The Balaban J connectivity index is 1.70. The molecule has 4 rings (SSSR count). The van der Waals surface area contributed by atoms with E-state index in [9.17, 15) is 8.78 Å². The fourth-order valence-electron chi connectivity index (χ4n) is 3.08. The molecule has 23 heavy (non-hydrogen) atoms. The molecule has 0 unspecified atom stereocenters. The maximum absolute atomic E-state index is 13.2. The summed E-state index contributed by atoms with van der Waals surface area (Å²) in [5, 5.41) is 5.37. The topological polar surface area (TPSA) is 33.7 Å². The summed E-state index contributed by atoms with van der Waals surface area (Å²) in [7, 11) is 0. The van der Waals surface area contributed by atoms with Gasteiger partial charge in [0.15, 0.2) is 11.5 Å². The molecule has 0 saturated carbocycles. The molecule has 0 aliphatic carbocycles. The van der Waals surface area contributed by atoms with Crippen LogP contribution in [0.25, 0.3) is 0 Å². The summed E-state index contributed by atoms with van der Waals surface area (Å²) < 4.78 is 35.6.